The summed E-state index contributed by atoms with van der Waals surface area (Å²) >= 11 is 0. The molecule has 2 fully saturated rings. The molecule has 2 aliphatic rings. The van der Waals surface area contributed by atoms with E-state index in [2.05, 4.69) is 71.3 Å². The van der Waals surface area contributed by atoms with E-state index in [9.17, 15) is 9.90 Å². The van der Waals surface area contributed by atoms with Gasteiger partial charge >= 0.3 is 5.69 Å². The average Bonchev–Trinajstić information content (AvgIpc) is 3.56. The van der Waals surface area contributed by atoms with Crippen molar-refractivity contribution in [1.29, 1.82) is 0 Å². The second-order valence-corrected chi connectivity index (χ2v) is 9.91. The van der Waals surface area contributed by atoms with E-state index in [4.69, 9.17) is 4.99 Å². The summed E-state index contributed by atoms with van der Waals surface area (Å²) < 4.78 is 1.59. The SMILES string of the molecule is CCN1CCN(Cc2ccc(CNc3nc(=NC4CC4)n4nc/c(=C\c5[nH]c(=O)[nH]c5O)c4n3)cc2)CC1. The quantitative estimate of drug-likeness (QED) is 0.260. The van der Waals surface area contributed by atoms with Crippen LogP contribution in [0.2, 0.25) is 0 Å². The Labute approximate surface area is 218 Å². The van der Waals surface area contributed by atoms with Crippen LogP contribution in [0, 0.1) is 0 Å². The maximum absolute atomic E-state index is 11.5. The number of piperazine rings is 1. The zero-order valence-electron chi connectivity index (χ0n) is 21.4. The minimum Gasteiger partial charge on any atom is -0.493 e. The van der Waals surface area contributed by atoms with Crippen molar-refractivity contribution < 1.29 is 5.11 Å². The number of anilines is 1. The fourth-order valence-electron chi connectivity index (χ4n) is 4.62. The number of hydrogen-bond donors (Lipinski definition) is 4. The van der Waals surface area contributed by atoms with Gasteiger partial charge in [-0.25, -0.2) is 9.79 Å². The molecule has 198 valence electrons. The smallest absolute Gasteiger partial charge is 0.326 e. The summed E-state index contributed by atoms with van der Waals surface area (Å²) in [7, 11) is 0. The second-order valence-electron chi connectivity index (χ2n) is 9.91. The predicted molar refractivity (Wildman–Crippen MR) is 142 cm³/mol. The molecule has 4 N–H and O–H groups in total. The van der Waals surface area contributed by atoms with Crippen LogP contribution in [0.3, 0.4) is 0 Å². The average molecular weight is 517 g/mol. The van der Waals surface area contributed by atoms with Gasteiger partial charge in [-0.3, -0.25) is 9.88 Å². The highest BCUT2D eigenvalue weighted by Crippen LogP contribution is 2.22. The molecule has 0 radical (unpaired) electrons. The molecule has 1 aliphatic heterocycles. The summed E-state index contributed by atoms with van der Waals surface area (Å²) in [5.41, 5.74) is 3.21. The van der Waals surface area contributed by atoms with Crippen LogP contribution in [-0.2, 0) is 13.1 Å². The number of fused-ring (bicyclic) bond motifs is 1. The van der Waals surface area contributed by atoms with E-state index in [0.29, 0.717) is 29.0 Å². The number of nitrogens with zero attached hydrogens (tertiary/aromatic N) is 7. The minimum atomic E-state index is -0.489. The van der Waals surface area contributed by atoms with E-state index < -0.39 is 5.69 Å². The number of hydrogen-bond acceptors (Lipinski definition) is 9. The molecular formula is C26H32N10O2. The third-order valence-corrected chi connectivity index (χ3v) is 7.05. The van der Waals surface area contributed by atoms with Crippen molar-refractivity contribution in [2.75, 3.05) is 38.0 Å². The van der Waals surface area contributed by atoms with Crippen LogP contribution in [0.15, 0.2) is 40.2 Å². The molecule has 0 unspecified atom stereocenters. The molecule has 6 rings (SSSR count). The monoisotopic (exact) mass is 516 g/mol. The molecule has 12 nitrogen and oxygen atoms in total. The summed E-state index contributed by atoms with van der Waals surface area (Å²) in [5.74, 6) is 0.202. The predicted octanol–water partition coefficient (Wildman–Crippen LogP) is 0.207. The molecule has 1 saturated heterocycles. The van der Waals surface area contributed by atoms with Gasteiger partial charge in [-0.2, -0.15) is 19.6 Å². The maximum atomic E-state index is 11.5. The molecule has 1 aromatic carbocycles. The van der Waals surface area contributed by atoms with Crippen molar-refractivity contribution in [3.8, 4) is 5.88 Å². The minimum absolute atomic E-state index is 0.240. The molecule has 38 heavy (non-hydrogen) atoms. The number of nitrogens with one attached hydrogen (secondary N) is 3. The Morgan fingerprint density at radius 1 is 1.08 bits per heavy atom. The van der Waals surface area contributed by atoms with Crippen LogP contribution in [0.25, 0.3) is 11.7 Å². The highest BCUT2D eigenvalue weighted by atomic mass is 16.3. The van der Waals surface area contributed by atoms with Gasteiger partial charge in [-0.15, -0.1) is 0 Å². The van der Waals surface area contributed by atoms with Gasteiger partial charge in [0.05, 0.1) is 12.2 Å². The lowest BCUT2D eigenvalue weighted by molar-refractivity contribution is 0.132. The Kier molecular flexibility index (Phi) is 6.64. The molecule has 4 heterocycles. The van der Waals surface area contributed by atoms with E-state index in [1.165, 1.54) is 5.56 Å². The summed E-state index contributed by atoms with van der Waals surface area (Å²) in [6.45, 7) is 9.38. The Bertz CT molecular complexity index is 1590. The van der Waals surface area contributed by atoms with E-state index >= 15 is 0 Å². The Hall–Kier alpha value is -4.03. The lowest BCUT2D eigenvalue weighted by Gasteiger charge is -2.34. The van der Waals surface area contributed by atoms with Crippen LogP contribution in [-0.4, -0.2) is 83.2 Å². The highest BCUT2D eigenvalue weighted by molar-refractivity contribution is 5.57. The summed E-state index contributed by atoms with van der Waals surface area (Å²) in [4.78, 5) is 35.4. The Balaban J connectivity index is 1.20. The number of H-pyrrole nitrogens is 2. The Morgan fingerprint density at radius 2 is 1.82 bits per heavy atom. The Morgan fingerprint density at radius 3 is 2.50 bits per heavy atom. The molecule has 0 amide bonds. The van der Waals surface area contributed by atoms with Gasteiger partial charge in [0.25, 0.3) is 5.62 Å². The number of benzene rings is 1. The lowest BCUT2D eigenvalue weighted by Crippen LogP contribution is -2.45. The van der Waals surface area contributed by atoms with Crippen LogP contribution in [0.1, 0.15) is 36.6 Å². The van der Waals surface area contributed by atoms with E-state index in [1.807, 2.05) is 0 Å². The zero-order chi connectivity index (χ0) is 26.1. The fourth-order valence-corrected chi connectivity index (χ4v) is 4.62. The fraction of sp³-hybridized carbons (Fsp3) is 0.423. The molecule has 0 atom stereocenters. The molecule has 0 bridgehead atoms. The van der Waals surface area contributed by atoms with Crippen molar-refractivity contribution in [3.05, 3.63) is 68.6 Å². The maximum Gasteiger partial charge on any atom is 0.326 e. The number of likely N-dealkylation sites (N-methyl/N-ethyl adjacent to an activating group) is 1. The van der Waals surface area contributed by atoms with Crippen LogP contribution < -0.4 is 21.8 Å². The molecule has 0 spiro atoms. The molecule has 3 aromatic heterocycles. The molecular weight excluding hydrogens is 484 g/mol. The van der Waals surface area contributed by atoms with Crippen molar-refractivity contribution >= 4 is 17.7 Å². The van der Waals surface area contributed by atoms with Crippen LogP contribution in [0.4, 0.5) is 5.95 Å². The standard InChI is InChI=1S/C26H32N10O2/c1-2-34-9-11-35(12-10-34)16-18-5-3-17(4-6-18)14-27-24-31-22-19(13-21-23(37)32-26(38)30-21)15-28-36(22)25(33-24)29-20-7-8-20/h3-6,13,15,20,37H,2,7-12,14,16H2,1H3,(H,27,29,33)(H2,30,32,38)/b19-13+. The second kappa shape index (κ2) is 10.4. The van der Waals surface area contributed by atoms with Gasteiger partial charge in [-0.1, -0.05) is 31.2 Å². The highest BCUT2D eigenvalue weighted by Gasteiger charge is 2.21. The molecule has 1 aliphatic carbocycles. The van der Waals surface area contributed by atoms with Crippen molar-refractivity contribution in [2.45, 2.75) is 38.9 Å². The third kappa shape index (κ3) is 5.46. The van der Waals surface area contributed by atoms with Crippen molar-refractivity contribution in [1.82, 2.24) is 39.3 Å². The number of aromatic hydroxyl groups is 1. The number of aromatic amines is 2. The summed E-state index contributed by atoms with van der Waals surface area (Å²) in [5, 5.41) is 18.3. The van der Waals surface area contributed by atoms with Gasteiger partial charge in [-0.05, 0) is 36.6 Å². The largest absolute Gasteiger partial charge is 0.493 e. The van der Waals surface area contributed by atoms with Crippen molar-refractivity contribution in [3.63, 3.8) is 0 Å². The van der Waals surface area contributed by atoms with Crippen LogP contribution in [0.5, 0.6) is 5.88 Å². The lowest BCUT2D eigenvalue weighted by atomic mass is 10.1. The first kappa shape index (κ1) is 24.3. The van der Waals surface area contributed by atoms with Gasteiger partial charge in [0.2, 0.25) is 11.8 Å². The van der Waals surface area contributed by atoms with Gasteiger partial charge in [0, 0.05) is 44.5 Å². The van der Waals surface area contributed by atoms with E-state index in [-0.39, 0.29) is 17.6 Å². The van der Waals surface area contributed by atoms with Gasteiger partial charge in [0.1, 0.15) is 5.69 Å². The first-order valence-corrected chi connectivity index (χ1v) is 13.1. The summed E-state index contributed by atoms with van der Waals surface area (Å²) in [6.07, 6.45) is 5.31. The van der Waals surface area contributed by atoms with Crippen LogP contribution >= 0.6 is 0 Å². The first-order valence-electron chi connectivity index (χ1n) is 13.1. The van der Waals surface area contributed by atoms with E-state index in [0.717, 1.165) is 57.7 Å². The third-order valence-electron chi connectivity index (χ3n) is 7.05. The van der Waals surface area contributed by atoms with Gasteiger partial charge in [0.15, 0.2) is 5.65 Å². The zero-order valence-corrected chi connectivity index (χ0v) is 21.4. The summed E-state index contributed by atoms with van der Waals surface area (Å²) in [6, 6.07) is 8.91. The first-order chi connectivity index (χ1) is 18.5. The topological polar surface area (TPSA) is 143 Å². The van der Waals surface area contributed by atoms with Gasteiger partial charge < -0.3 is 20.3 Å². The number of aromatic nitrogens is 6. The molecule has 12 heteroatoms. The van der Waals surface area contributed by atoms with Crippen molar-refractivity contribution in [2.24, 2.45) is 4.99 Å². The number of rotatable bonds is 8. The normalized spacial score (nSPS) is 18.0. The molecule has 1 saturated carbocycles. The molecule has 4 aromatic rings. The van der Waals surface area contributed by atoms with E-state index in [1.54, 1.807) is 16.8 Å². The number of imidazole rings is 1.